The third-order valence-corrected chi connectivity index (χ3v) is 7.49. The molecule has 2 aliphatic carbocycles. The van der Waals surface area contributed by atoms with Crippen LogP contribution in [0.25, 0.3) is 0 Å². The van der Waals surface area contributed by atoms with Crippen LogP contribution in [0.2, 0.25) is 0 Å². The van der Waals surface area contributed by atoms with E-state index in [1.165, 1.54) is 5.56 Å². The number of piperidine rings is 1. The summed E-state index contributed by atoms with van der Waals surface area (Å²) in [6, 6.07) is 4.34. The molecule has 1 saturated heterocycles. The molecule has 5 heteroatoms. The number of nitrogens with zero attached hydrogens (tertiary/aromatic N) is 1. The lowest BCUT2D eigenvalue weighted by Crippen LogP contribution is -2.58. The summed E-state index contributed by atoms with van der Waals surface area (Å²) < 4.78 is 17.9. The fourth-order valence-electron chi connectivity index (χ4n) is 4.93. The number of likely N-dealkylation sites (N-methyl/N-ethyl adjacent to an activating group) is 1. The maximum Gasteiger partial charge on any atom is 0.162 e. The van der Waals surface area contributed by atoms with Crippen LogP contribution in [0.5, 0.6) is 11.5 Å². The highest BCUT2D eigenvalue weighted by molar-refractivity contribution is 7.89. The number of allylic oxidation sites excluding steroid dienone is 2. The Hall–Kier alpha value is -1.59. The second-order valence-electron chi connectivity index (χ2n) is 7.26. The molecule has 4 rings (SSSR count). The summed E-state index contributed by atoms with van der Waals surface area (Å²) in [7, 11) is 2.77. The molecule has 0 aromatic heterocycles. The van der Waals surface area contributed by atoms with Crippen LogP contribution < -0.4 is 4.74 Å². The number of fused-ring (bicyclic) bond motifs is 1. The molecule has 0 radical (unpaired) electrons. The molecule has 1 heterocycles. The Morgan fingerprint density at radius 1 is 1.44 bits per heavy atom. The molecule has 1 aromatic carbocycles. The number of hydrogen-bond donors (Lipinski definition) is 1. The quantitative estimate of drug-likeness (QED) is 0.902. The first-order valence-corrected chi connectivity index (χ1v) is 10.2. The first-order valence-electron chi connectivity index (χ1n) is 8.90. The first kappa shape index (κ1) is 16.9. The third-order valence-electron chi connectivity index (χ3n) is 6.19. The maximum atomic E-state index is 12.5. The van der Waals surface area contributed by atoms with Crippen LogP contribution in [0, 0.1) is 5.92 Å². The zero-order valence-corrected chi connectivity index (χ0v) is 15.8. The van der Waals surface area contributed by atoms with E-state index in [-0.39, 0.29) is 17.1 Å². The average Bonchev–Trinajstić information content (AvgIpc) is 2.63. The van der Waals surface area contributed by atoms with Crippen LogP contribution in [0.15, 0.2) is 35.3 Å². The van der Waals surface area contributed by atoms with Gasteiger partial charge in [-0.15, -0.1) is 0 Å². The lowest BCUT2D eigenvalue weighted by molar-refractivity contribution is 0.0778. The fourth-order valence-corrected chi connectivity index (χ4v) is 5.83. The van der Waals surface area contributed by atoms with Crippen molar-refractivity contribution in [3.8, 4) is 11.5 Å². The summed E-state index contributed by atoms with van der Waals surface area (Å²) in [4.78, 5) is 3.31. The lowest BCUT2D eigenvalue weighted by atomic mass is 9.56. The predicted octanol–water partition coefficient (Wildman–Crippen LogP) is 2.74. The van der Waals surface area contributed by atoms with Crippen LogP contribution in [0.4, 0.5) is 0 Å². The Kier molecular flexibility index (Phi) is 4.04. The number of benzene rings is 1. The molecule has 0 saturated carbocycles. The Labute approximate surface area is 151 Å². The molecule has 1 aromatic rings. The van der Waals surface area contributed by atoms with Crippen molar-refractivity contribution in [3.63, 3.8) is 0 Å². The summed E-state index contributed by atoms with van der Waals surface area (Å²) in [5, 5.41) is 11.0. The van der Waals surface area contributed by atoms with Gasteiger partial charge in [0, 0.05) is 33.6 Å². The Balaban J connectivity index is 1.97. The molecule has 1 N–H and O–H groups in total. The Morgan fingerprint density at radius 3 is 2.96 bits per heavy atom. The van der Waals surface area contributed by atoms with Crippen molar-refractivity contribution in [1.82, 2.24) is 4.90 Å². The van der Waals surface area contributed by atoms with Gasteiger partial charge in [-0.25, -0.2) is 0 Å². The summed E-state index contributed by atoms with van der Waals surface area (Å²) in [5.41, 5.74) is 1.87. The zero-order chi connectivity index (χ0) is 17.8. The molecule has 134 valence electrons. The smallest absolute Gasteiger partial charge is 0.162 e. The maximum absolute atomic E-state index is 12.5. The van der Waals surface area contributed by atoms with Gasteiger partial charge < -0.3 is 14.7 Å². The van der Waals surface area contributed by atoms with E-state index in [1.807, 2.05) is 19.1 Å². The van der Waals surface area contributed by atoms with Crippen molar-refractivity contribution in [2.75, 3.05) is 26.5 Å². The highest BCUT2D eigenvalue weighted by Gasteiger charge is 2.53. The SMILES string of the molecule is CC[S@](=O)C1=C[C@@]23CCN(C)[C@@H](Cc4ccc(OC)c(O)c42)[C@@H]3C=C1. The first-order chi connectivity index (χ1) is 12.0. The number of aromatic hydroxyl groups is 1. The largest absolute Gasteiger partial charge is 0.504 e. The van der Waals surface area contributed by atoms with Gasteiger partial charge in [0.05, 0.1) is 17.9 Å². The molecular formula is C20H25NO3S. The van der Waals surface area contributed by atoms with Gasteiger partial charge in [-0.05, 0) is 44.1 Å². The highest BCUT2D eigenvalue weighted by atomic mass is 32.2. The molecule has 0 spiro atoms. The number of rotatable bonds is 3. The topological polar surface area (TPSA) is 49.8 Å². The minimum absolute atomic E-state index is 0.251. The molecular weight excluding hydrogens is 334 g/mol. The van der Waals surface area contributed by atoms with E-state index >= 15 is 0 Å². The monoisotopic (exact) mass is 359 g/mol. The normalized spacial score (nSPS) is 31.7. The van der Waals surface area contributed by atoms with Crippen LogP contribution in [-0.2, 0) is 22.6 Å². The number of phenols is 1. The van der Waals surface area contributed by atoms with Gasteiger partial charge in [-0.2, -0.15) is 0 Å². The molecule has 3 aliphatic rings. The van der Waals surface area contributed by atoms with E-state index in [0.717, 1.165) is 29.9 Å². The third kappa shape index (κ3) is 2.32. The van der Waals surface area contributed by atoms with Crippen molar-refractivity contribution < 1.29 is 14.1 Å². The van der Waals surface area contributed by atoms with Crippen LogP contribution >= 0.6 is 0 Å². The standard InChI is InChI=1S/C20H25NO3S/c1-4-25(23)14-6-7-15-16-11-13-5-8-17(24-3)19(22)18(13)20(15,12-14)9-10-21(16)2/h5-8,12,15-16,22H,4,9-11H2,1-3H3/t15-,16-,20+,25-/m0/s1. The molecule has 1 fully saturated rings. The zero-order valence-electron chi connectivity index (χ0n) is 15.0. The predicted molar refractivity (Wildman–Crippen MR) is 100 cm³/mol. The second kappa shape index (κ2) is 5.99. The van der Waals surface area contributed by atoms with Crippen molar-refractivity contribution >= 4 is 10.8 Å². The van der Waals surface area contributed by atoms with Crippen molar-refractivity contribution in [1.29, 1.82) is 0 Å². The number of methoxy groups -OCH3 is 1. The minimum atomic E-state index is -0.995. The van der Waals surface area contributed by atoms with Crippen molar-refractivity contribution in [2.45, 2.75) is 31.2 Å². The van der Waals surface area contributed by atoms with Gasteiger partial charge in [0.1, 0.15) is 0 Å². The summed E-state index contributed by atoms with van der Waals surface area (Å²) >= 11 is 0. The number of likely N-dealkylation sites (tertiary alicyclic amines) is 1. The van der Waals surface area contributed by atoms with Gasteiger partial charge in [-0.3, -0.25) is 4.21 Å². The molecule has 1 aliphatic heterocycles. The summed E-state index contributed by atoms with van der Waals surface area (Å²) in [6.07, 6.45) is 8.28. The number of phenolic OH excluding ortho intramolecular Hbond substituents is 1. The molecule has 25 heavy (non-hydrogen) atoms. The van der Waals surface area contributed by atoms with Gasteiger partial charge in [-0.1, -0.05) is 25.1 Å². The molecule has 2 bridgehead atoms. The lowest BCUT2D eigenvalue weighted by Gasteiger charge is -2.55. The van der Waals surface area contributed by atoms with Gasteiger partial charge in [0.15, 0.2) is 11.5 Å². The van der Waals surface area contributed by atoms with E-state index in [9.17, 15) is 9.32 Å². The highest BCUT2D eigenvalue weighted by Crippen LogP contribution is 2.56. The van der Waals surface area contributed by atoms with Crippen LogP contribution in [-0.4, -0.2) is 46.7 Å². The van der Waals surface area contributed by atoms with Crippen molar-refractivity contribution in [3.05, 3.63) is 46.4 Å². The van der Waals surface area contributed by atoms with Gasteiger partial charge in [0.2, 0.25) is 0 Å². The second-order valence-corrected chi connectivity index (χ2v) is 9.00. The van der Waals surface area contributed by atoms with E-state index in [2.05, 4.69) is 30.2 Å². The Bertz CT molecular complexity index is 800. The fraction of sp³-hybridized carbons (Fsp3) is 0.500. The van der Waals surface area contributed by atoms with Gasteiger partial charge in [0.25, 0.3) is 0 Å². The molecule has 4 atom stereocenters. The summed E-state index contributed by atoms with van der Waals surface area (Å²) in [5.74, 6) is 1.66. The molecule has 0 unspecified atom stereocenters. The van der Waals surface area contributed by atoms with Crippen LogP contribution in [0.1, 0.15) is 24.5 Å². The average molecular weight is 359 g/mol. The minimum Gasteiger partial charge on any atom is -0.504 e. The molecule has 0 amide bonds. The molecule has 4 nitrogen and oxygen atoms in total. The number of ether oxygens (including phenoxy) is 1. The Morgan fingerprint density at radius 2 is 2.24 bits per heavy atom. The van der Waals surface area contributed by atoms with Gasteiger partial charge >= 0.3 is 0 Å². The van der Waals surface area contributed by atoms with E-state index < -0.39 is 10.8 Å². The van der Waals surface area contributed by atoms with E-state index in [0.29, 0.717) is 17.5 Å². The van der Waals surface area contributed by atoms with E-state index in [1.54, 1.807) is 7.11 Å². The van der Waals surface area contributed by atoms with Crippen LogP contribution in [0.3, 0.4) is 0 Å². The number of hydrogen-bond acceptors (Lipinski definition) is 4. The summed E-state index contributed by atoms with van der Waals surface area (Å²) in [6.45, 7) is 2.91. The van der Waals surface area contributed by atoms with Crippen molar-refractivity contribution in [2.24, 2.45) is 5.92 Å². The van der Waals surface area contributed by atoms with E-state index in [4.69, 9.17) is 4.74 Å².